The molecule has 0 saturated heterocycles. The number of fused-ring (bicyclic) bond motifs is 1. The van der Waals surface area contributed by atoms with Crippen LogP contribution in [0.2, 0.25) is 0 Å². The van der Waals surface area contributed by atoms with Crippen molar-refractivity contribution in [3.05, 3.63) is 22.5 Å². The molecular weight excluding hydrogens is 286 g/mol. The Morgan fingerprint density at radius 1 is 1.48 bits per heavy atom. The highest BCUT2D eigenvalue weighted by atomic mass is 32.1. The lowest BCUT2D eigenvalue weighted by Gasteiger charge is -2.20. The van der Waals surface area contributed by atoms with Crippen molar-refractivity contribution in [1.29, 1.82) is 0 Å². The van der Waals surface area contributed by atoms with Crippen molar-refractivity contribution in [3.63, 3.8) is 0 Å². The number of carbonyl (C=O) groups excluding carboxylic acids is 1. The molecule has 1 N–H and O–H groups in total. The van der Waals surface area contributed by atoms with E-state index in [1.165, 1.54) is 4.88 Å². The zero-order valence-electron chi connectivity index (χ0n) is 13.3. The zero-order valence-corrected chi connectivity index (χ0v) is 14.1. The van der Waals surface area contributed by atoms with E-state index in [0.717, 1.165) is 16.3 Å². The number of imidazole rings is 1. The van der Waals surface area contributed by atoms with Crippen molar-refractivity contribution in [3.8, 4) is 0 Å². The minimum Gasteiger partial charge on any atom is -0.392 e. The molecule has 2 rings (SSSR count). The lowest BCUT2D eigenvalue weighted by atomic mass is 10.0. The topological polar surface area (TPSA) is 57.8 Å². The maximum atomic E-state index is 12.2. The molecule has 0 aliphatic heterocycles. The number of hydrogen-bond donors (Lipinski definition) is 1. The van der Waals surface area contributed by atoms with E-state index in [-0.39, 0.29) is 18.2 Å². The van der Waals surface area contributed by atoms with Crippen LogP contribution in [0.5, 0.6) is 0 Å². The van der Waals surface area contributed by atoms with Gasteiger partial charge in [0.15, 0.2) is 4.96 Å². The molecule has 6 heteroatoms. The van der Waals surface area contributed by atoms with Gasteiger partial charge in [-0.15, -0.1) is 11.3 Å². The van der Waals surface area contributed by atoms with Crippen LogP contribution in [0.15, 0.2) is 6.20 Å². The molecule has 0 aliphatic carbocycles. The number of amides is 1. The number of aliphatic hydroxyl groups is 1. The lowest BCUT2D eigenvalue weighted by Crippen LogP contribution is -2.31. The highest BCUT2D eigenvalue weighted by Crippen LogP contribution is 2.21. The van der Waals surface area contributed by atoms with E-state index in [9.17, 15) is 9.90 Å². The van der Waals surface area contributed by atoms with E-state index < -0.39 is 6.10 Å². The Bertz CT molecular complexity index is 645. The van der Waals surface area contributed by atoms with Gasteiger partial charge in [-0.3, -0.25) is 9.20 Å². The SMILES string of the molecule is Cc1cn2c(CN(C)C(=O)CC(O)C(C)C)c(C)nc2s1. The van der Waals surface area contributed by atoms with Crippen LogP contribution < -0.4 is 0 Å². The van der Waals surface area contributed by atoms with Gasteiger partial charge in [0.05, 0.1) is 30.5 Å². The van der Waals surface area contributed by atoms with Crippen LogP contribution in [0.3, 0.4) is 0 Å². The summed E-state index contributed by atoms with van der Waals surface area (Å²) in [6, 6.07) is 0. The highest BCUT2D eigenvalue weighted by molar-refractivity contribution is 7.17. The van der Waals surface area contributed by atoms with Gasteiger partial charge in [0.25, 0.3) is 0 Å². The molecule has 5 nitrogen and oxygen atoms in total. The minimum absolute atomic E-state index is 0.0440. The predicted octanol–water partition coefficient (Wildman–Crippen LogP) is 2.38. The first-order chi connectivity index (χ1) is 9.79. The maximum Gasteiger partial charge on any atom is 0.225 e. The number of hydrogen-bond acceptors (Lipinski definition) is 4. The summed E-state index contributed by atoms with van der Waals surface area (Å²) in [6.45, 7) is 8.35. The average Bonchev–Trinajstić information content (AvgIpc) is 2.87. The highest BCUT2D eigenvalue weighted by Gasteiger charge is 2.20. The Labute approximate surface area is 129 Å². The smallest absolute Gasteiger partial charge is 0.225 e. The standard InChI is InChI=1S/C15H23N3O2S/c1-9(2)13(19)6-14(20)17(5)8-12-11(4)16-15-18(12)7-10(3)21-15/h7,9,13,19H,6,8H2,1-5H3. The van der Waals surface area contributed by atoms with Crippen LogP contribution in [0, 0.1) is 19.8 Å². The summed E-state index contributed by atoms with van der Waals surface area (Å²) in [5.74, 6) is 0.0442. The third kappa shape index (κ3) is 3.44. The third-order valence-electron chi connectivity index (χ3n) is 3.71. The van der Waals surface area contributed by atoms with Gasteiger partial charge in [0.1, 0.15) is 0 Å². The molecule has 0 bridgehead atoms. The van der Waals surface area contributed by atoms with Crippen LogP contribution in [0.4, 0.5) is 0 Å². The van der Waals surface area contributed by atoms with Crippen molar-refractivity contribution in [2.45, 2.75) is 46.8 Å². The molecular formula is C15H23N3O2S. The summed E-state index contributed by atoms with van der Waals surface area (Å²) in [5.41, 5.74) is 1.98. The number of aliphatic hydroxyl groups excluding tert-OH is 1. The van der Waals surface area contributed by atoms with Gasteiger partial charge in [-0.05, 0) is 19.8 Å². The molecule has 0 aliphatic rings. The lowest BCUT2D eigenvalue weighted by molar-refractivity contribution is -0.133. The van der Waals surface area contributed by atoms with E-state index in [1.807, 2.05) is 27.7 Å². The fourth-order valence-electron chi connectivity index (χ4n) is 2.18. The molecule has 0 aromatic carbocycles. The van der Waals surface area contributed by atoms with Crippen LogP contribution in [0.1, 0.15) is 36.5 Å². The predicted molar refractivity (Wildman–Crippen MR) is 84.5 cm³/mol. The van der Waals surface area contributed by atoms with Crippen molar-refractivity contribution in [2.24, 2.45) is 5.92 Å². The van der Waals surface area contributed by atoms with Crippen molar-refractivity contribution in [1.82, 2.24) is 14.3 Å². The normalized spacial score (nSPS) is 13.1. The van der Waals surface area contributed by atoms with Crippen molar-refractivity contribution in [2.75, 3.05) is 7.05 Å². The molecule has 0 spiro atoms. The minimum atomic E-state index is -0.588. The molecule has 1 atom stereocenters. The van der Waals surface area contributed by atoms with Gasteiger partial charge in [0.2, 0.25) is 5.91 Å². The molecule has 0 saturated carbocycles. The van der Waals surface area contributed by atoms with Gasteiger partial charge in [-0.1, -0.05) is 13.8 Å². The van der Waals surface area contributed by atoms with Gasteiger partial charge < -0.3 is 10.0 Å². The number of carbonyl (C=O) groups is 1. The summed E-state index contributed by atoms with van der Waals surface area (Å²) in [6.07, 6.45) is 1.63. The Morgan fingerprint density at radius 3 is 2.76 bits per heavy atom. The summed E-state index contributed by atoms with van der Waals surface area (Å²) < 4.78 is 2.05. The van der Waals surface area contributed by atoms with Gasteiger partial charge in [-0.25, -0.2) is 4.98 Å². The Hall–Kier alpha value is -1.40. The largest absolute Gasteiger partial charge is 0.392 e. The Kier molecular flexibility index (Phi) is 4.68. The quantitative estimate of drug-likeness (QED) is 0.922. The molecule has 0 radical (unpaired) electrons. The second-order valence-electron chi connectivity index (χ2n) is 5.90. The van der Waals surface area contributed by atoms with E-state index in [2.05, 4.69) is 15.6 Å². The van der Waals surface area contributed by atoms with Gasteiger partial charge in [0, 0.05) is 18.1 Å². The molecule has 116 valence electrons. The summed E-state index contributed by atoms with van der Waals surface area (Å²) >= 11 is 1.65. The van der Waals surface area contributed by atoms with Crippen LogP contribution in [-0.2, 0) is 11.3 Å². The first kappa shape index (κ1) is 16.0. The average molecular weight is 309 g/mol. The zero-order chi connectivity index (χ0) is 15.7. The maximum absolute atomic E-state index is 12.2. The van der Waals surface area contributed by atoms with Crippen LogP contribution in [-0.4, -0.2) is 38.4 Å². The number of thiazole rings is 1. The number of aryl methyl sites for hydroxylation is 2. The van der Waals surface area contributed by atoms with Crippen molar-refractivity contribution >= 4 is 22.2 Å². The number of rotatable bonds is 5. The Morgan fingerprint density at radius 2 is 2.14 bits per heavy atom. The summed E-state index contributed by atoms with van der Waals surface area (Å²) in [5, 5.41) is 9.84. The third-order valence-corrected chi connectivity index (χ3v) is 4.60. The van der Waals surface area contributed by atoms with E-state index >= 15 is 0 Å². The summed E-state index contributed by atoms with van der Waals surface area (Å²) in [4.78, 5) is 20.5. The van der Waals surface area contributed by atoms with Crippen LogP contribution in [0.25, 0.3) is 4.96 Å². The first-order valence-electron chi connectivity index (χ1n) is 7.15. The summed E-state index contributed by atoms with van der Waals surface area (Å²) in [7, 11) is 1.77. The first-order valence-corrected chi connectivity index (χ1v) is 7.97. The van der Waals surface area contributed by atoms with E-state index in [0.29, 0.717) is 6.54 Å². The molecule has 1 unspecified atom stereocenters. The van der Waals surface area contributed by atoms with Crippen molar-refractivity contribution < 1.29 is 9.90 Å². The Balaban J connectivity index is 2.12. The monoisotopic (exact) mass is 309 g/mol. The molecule has 1 amide bonds. The number of nitrogens with zero attached hydrogens (tertiary/aromatic N) is 3. The van der Waals surface area contributed by atoms with Gasteiger partial charge >= 0.3 is 0 Å². The molecule has 2 aromatic rings. The fourth-order valence-corrected chi connectivity index (χ4v) is 3.07. The van der Waals surface area contributed by atoms with E-state index in [4.69, 9.17) is 0 Å². The second-order valence-corrected chi connectivity index (χ2v) is 7.12. The molecule has 2 aromatic heterocycles. The second kappa shape index (κ2) is 6.15. The van der Waals surface area contributed by atoms with E-state index in [1.54, 1.807) is 23.3 Å². The van der Waals surface area contributed by atoms with Crippen LogP contribution >= 0.6 is 11.3 Å². The number of aromatic nitrogens is 2. The fraction of sp³-hybridized carbons (Fsp3) is 0.600. The van der Waals surface area contributed by atoms with Gasteiger partial charge in [-0.2, -0.15) is 0 Å². The molecule has 21 heavy (non-hydrogen) atoms. The molecule has 2 heterocycles. The molecule has 0 fully saturated rings.